The summed E-state index contributed by atoms with van der Waals surface area (Å²) in [6, 6.07) is 4.50. The van der Waals surface area contributed by atoms with Gasteiger partial charge in [-0.3, -0.25) is 0 Å². The molecular weight excluding hydrogens is 321 g/mol. The van der Waals surface area contributed by atoms with E-state index in [1.807, 2.05) is 6.92 Å². The van der Waals surface area contributed by atoms with Crippen molar-refractivity contribution in [2.75, 3.05) is 11.5 Å². The molecule has 1 N–H and O–H groups in total. The summed E-state index contributed by atoms with van der Waals surface area (Å²) in [5.41, 5.74) is 0.536. The Kier molecular flexibility index (Phi) is 3.80. The molecule has 1 saturated heterocycles. The van der Waals surface area contributed by atoms with Gasteiger partial charge < -0.3 is 5.32 Å². The van der Waals surface area contributed by atoms with E-state index in [-0.39, 0.29) is 22.9 Å². The topological polar surface area (TPSA) is 46.2 Å². The Labute approximate surface area is 115 Å². The van der Waals surface area contributed by atoms with Crippen LogP contribution in [-0.4, -0.2) is 25.5 Å². The van der Waals surface area contributed by atoms with Gasteiger partial charge in [-0.25, -0.2) is 12.8 Å². The Morgan fingerprint density at radius 3 is 2.78 bits per heavy atom. The van der Waals surface area contributed by atoms with E-state index in [1.54, 1.807) is 6.07 Å². The van der Waals surface area contributed by atoms with Crippen molar-refractivity contribution in [1.29, 1.82) is 0 Å². The highest BCUT2D eigenvalue weighted by Gasteiger charge is 2.37. The van der Waals surface area contributed by atoms with Crippen molar-refractivity contribution in [3.05, 3.63) is 34.1 Å². The molecule has 0 bridgehead atoms. The summed E-state index contributed by atoms with van der Waals surface area (Å²) in [6.45, 7) is 2.43. The average molecular weight is 336 g/mol. The van der Waals surface area contributed by atoms with Gasteiger partial charge in [-0.15, -0.1) is 0 Å². The zero-order valence-corrected chi connectivity index (χ0v) is 12.4. The number of nitrogens with one attached hydrogen (secondary N) is 1. The molecule has 3 nitrogen and oxygen atoms in total. The van der Waals surface area contributed by atoms with E-state index < -0.39 is 9.84 Å². The van der Waals surface area contributed by atoms with Crippen molar-refractivity contribution < 1.29 is 12.8 Å². The minimum absolute atomic E-state index is 0.165. The summed E-state index contributed by atoms with van der Waals surface area (Å²) in [5, 5.41) is 3.26. The van der Waals surface area contributed by atoms with Crippen molar-refractivity contribution in [2.45, 2.75) is 25.4 Å². The molecule has 0 aromatic heterocycles. The van der Waals surface area contributed by atoms with Crippen LogP contribution in [0.25, 0.3) is 0 Å². The van der Waals surface area contributed by atoms with Gasteiger partial charge in [0.2, 0.25) is 0 Å². The Morgan fingerprint density at radius 1 is 1.50 bits per heavy atom. The summed E-state index contributed by atoms with van der Waals surface area (Å²) in [7, 11) is -2.91. The van der Waals surface area contributed by atoms with Crippen LogP contribution in [0.5, 0.6) is 0 Å². The summed E-state index contributed by atoms with van der Waals surface area (Å²) < 4.78 is 36.6. The minimum Gasteiger partial charge on any atom is -0.306 e. The lowest BCUT2D eigenvalue weighted by Gasteiger charge is -2.24. The maximum absolute atomic E-state index is 12.9. The fourth-order valence-corrected chi connectivity index (χ4v) is 4.74. The average Bonchev–Trinajstić information content (AvgIpc) is 2.52. The lowest BCUT2D eigenvalue weighted by atomic mass is 10.0. The molecule has 1 aromatic carbocycles. The number of rotatable bonds is 3. The quantitative estimate of drug-likeness (QED) is 0.921. The number of sulfone groups is 1. The molecule has 0 spiro atoms. The van der Waals surface area contributed by atoms with E-state index >= 15 is 0 Å². The van der Waals surface area contributed by atoms with Crippen LogP contribution in [0.3, 0.4) is 0 Å². The fourth-order valence-electron chi connectivity index (χ4n) is 2.12. The molecule has 0 amide bonds. The molecule has 2 rings (SSSR count). The lowest BCUT2D eigenvalue weighted by Crippen LogP contribution is -2.42. The van der Waals surface area contributed by atoms with Crippen LogP contribution in [0.1, 0.15) is 18.9 Å². The van der Waals surface area contributed by atoms with Gasteiger partial charge in [0.25, 0.3) is 0 Å². The highest BCUT2D eigenvalue weighted by Crippen LogP contribution is 2.24. The van der Waals surface area contributed by atoms with Crippen molar-refractivity contribution >= 4 is 25.8 Å². The molecule has 1 unspecified atom stereocenters. The summed E-state index contributed by atoms with van der Waals surface area (Å²) in [5.74, 6) is 0.111. The normalized spacial score (nSPS) is 26.4. The van der Waals surface area contributed by atoms with E-state index in [0.717, 1.165) is 5.56 Å². The zero-order valence-electron chi connectivity index (χ0n) is 10.0. The monoisotopic (exact) mass is 335 g/mol. The first kappa shape index (κ1) is 14.0. The molecule has 1 aromatic rings. The maximum Gasteiger partial charge on any atom is 0.152 e. The molecule has 1 heterocycles. The minimum atomic E-state index is -2.91. The Morgan fingerprint density at radius 2 is 2.22 bits per heavy atom. The van der Waals surface area contributed by atoms with E-state index in [4.69, 9.17) is 0 Å². The molecule has 1 atom stereocenters. The van der Waals surface area contributed by atoms with Gasteiger partial charge in [0.15, 0.2) is 9.84 Å². The van der Waals surface area contributed by atoms with Crippen LogP contribution in [0.4, 0.5) is 4.39 Å². The van der Waals surface area contributed by atoms with Gasteiger partial charge in [0, 0.05) is 16.6 Å². The predicted octanol–water partition coefficient (Wildman–Crippen LogP) is 2.25. The number of halogens is 2. The van der Waals surface area contributed by atoms with E-state index in [2.05, 4.69) is 21.2 Å². The van der Waals surface area contributed by atoms with E-state index in [9.17, 15) is 12.8 Å². The first-order chi connectivity index (χ1) is 8.30. The Bertz CT molecular complexity index is 561. The van der Waals surface area contributed by atoms with Crippen LogP contribution < -0.4 is 5.32 Å². The third-order valence-electron chi connectivity index (χ3n) is 3.22. The standard InChI is InChI=1S/C12H15BrFNO2S/c1-12(4-5-18(16,17)8-12)15-7-9-2-3-10(14)6-11(9)13/h2-3,6,15H,4-5,7-8H2,1H3. The molecule has 0 radical (unpaired) electrons. The van der Waals surface area contributed by atoms with E-state index in [1.165, 1.54) is 12.1 Å². The predicted molar refractivity (Wildman–Crippen MR) is 72.6 cm³/mol. The van der Waals surface area contributed by atoms with Crippen LogP contribution in [-0.2, 0) is 16.4 Å². The number of hydrogen-bond acceptors (Lipinski definition) is 3. The van der Waals surface area contributed by atoms with Crippen LogP contribution in [0, 0.1) is 5.82 Å². The SMILES string of the molecule is CC1(NCc2ccc(F)cc2Br)CCS(=O)(=O)C1. The zero-order chi connectivity index (χ0) is 13.4. The molecule has 6 heteroatoms. The van der Waals surface area contributed by atoms with Crippen molar-refractivity contribution in [3.63, 3.8) is 0 Å². The molecule has 1 aliphatic rings. The highest BCUT2D eigenvalue weighted by molar-refractivity contribution is 9.10. The second kappa shape index (κ2) is 4.90. The second-order valence-electron chi connectivity index (χ2n) is 4.99. The van der Waals surface area contributed by atoms with Crippen molar-refractivity contribution in [2.24, 2.45) is 0 Å². The molecular formula is C12H15BrFNO2S. The third kappa shape index (κ3) is 3.30. The van der Waals surface area contributed by atoms with E-state index in [0.29, 0.717) is 17.4 Å². The molecule has 1 fully saturated rings. The summed E-state index contributed by atoms with van der Waals surface area (Å²) in [6.07, 6.45) is 0.619. The molecule has 1 aliphatic heterocycles. The Balaban J connectivity index is 2.04. The van der Waals surface area contributed by atoms with Gasteiger partial charge >= 0.3 is 0 Å². The van der Waals surface area contributed by atoms with Gasteiger partial charge in [-0.1, -0.05) is 22.0 Å². The largest absolute Gasteiger partial charge is 0.306 e. The number of hydrogen-bond donors (Lipinski definition) is 1. The van der Waals surface area contributed by atoms with Crippen molar-refractivity contribution in [1.82, 2.24) is 5.32 Å². The smallest absolute Gasteiger partial charge is 0.152 e. The molecule has 18 heavy (non-hydrogen) atoms. The lowest BCUT2D eigenvalue weighted by molar-refractivity contribution is 0.395. The molecule has 100 valence electrons. The highest BCUT2D eigenvalue weighted by atomic mass is 79.9. The molecule has 0 aliphatic carbocycles. The van der Waals surface area contributed by atoms with Crippen LogP contribution in [0.2, 0.25) is 0 Å². The summed E-state index contributed by atoms with van der Waals surface area (Å²) >= 11 is 3.30. The maximum atomic E-state index is 12.9. The van der Waals surface area contributed by atoms with Crippen molar-refractivity contribution in [3.8, 4) is 0 Å². The van der Waals surface area contributed by atoms with Gasteiger partial charge in [0.05, 0.1) is 11.5 Å². The fraction of sp³-hybridized carbons (Fsp3) is 0.500. The van der Waals surface area contributed by atoms with Crippen LogP contribution >= 0.6 is 15.9 Å². The third-order valence-corrected chi connectivity index (χ3v) is 5.87. The summed E-state index contributed by atoms with van der Waals surface area (Å²) in [4.78, 5) is 0. The first-order valence-corrected chi connectivity index (χ1v) is 8.31. The van der Waals surface area contributed by atoms with Gasteiger partial charge in [-0.2, -0.15) is 0 Å². The van der Waals surface area contributed by atoms with Gasteiger partial charge in [-0.05, 0) is 31.0 Å². The Hall–Kier alpha value is -0.460. The van der Waals surface area contributed by atoms with Gasteiger partial charge in [0.1, 0.15) is 5.82 Å². The molecule has 0 saturated carbocycles. The second-order valence-corrected chi connectivity index (χ2v) is 8.03. The first-order valence-electron chi connectivity index (χ1n) is 5.69. The number of benzene rings is 1. The van der Waals surface area contributed by atoms with Crippen LogP contribution in [0.15, 0.2) is 22.7 Å².